The van der Waals surface area contributed by atoms with Gasteiger partial charge in [-0.15, -0.1) is 0 Å². The van der Waals surface area contributed by atoms with E-state index < -0.39 is 0 Å². The van der Waals surface area contributed by atoms with Crippen molar-refractivity contribution >= 4 is 0 Å². The zero-order chi connectivity index (χ0) is 11.8. The van der Waals surface area contributed by atoms with Crippen molar-refractivity contribution in [3.63, 3.8) is 0 Å². The van der Waals surface area contributed by atoms with Crippen molar-refractivity contribution in [1.82, 2.24) is 5.32 Å². The van der Waals surface area contributed by atoms with Crippen LogP contribution in [0.3, 0.4) is 0 Å². The average Bonchev–Trinajstić information content (AvgIpc) is 2.34. The van der Waals surface area contributed by atoms with Gasteiger partial charge in [-0.3, -0.25) is 0 Å². The molecule has 1 rings (SSSR count). The fourth-order valence-corrected chi connectivity index (χ4v) is 1.48. The molecule has 0 aliphatic carbocycles. The Bertz CT molecular complexity index is 357. The normalized spacial score (nSPS) is 12.1. The monoisotopic (exact) mass is 218 g/mol. The zero-order valence-corrected chi connectivity index (χ0v) is 9.61. The number of nitriles is 1. The molecular formula is C13H18N2O. The number of hydrogen-bond acceptors (Lipinski definition) is 3. The molecule has 0 saturated carbocycles. The highest BCUT2D eigenvalue weighted by atomic mass is 16.3. The number of rotatable bonds is 6. The van der Waals surface area contributed by atoms with Gasteiger partial charge in [-0.25, -0.2) is 0 Å². The van der Waals surface area contributed by atoms with E-state index in [1.165, 1.54) is 0 Å². The molecule has 0 amide bonds. The van der Waals surface area contributed by atoms with Crippen molar-refractivity contribution in [2.75, 3.05) is 6.54 Å². The minimum absolute atomic E-state index is 0.223. The van der Waals surface area contributed by atoms with E-state index >= 15 is 0 Å². The average molecular weight is 218 g/mol. The number of nitrogens with zero attached hydrogens (tertiary/aromatic N) is 1. The standard InChI is InChI=1S/C13H18N2O/c1-2-13(16)7-8-15-10-12-6-4-3-5-11(12)9-14/h3-6,13,15-16H,2,7-8,10H2,1H3. The lowest BCUT2D eigenvalue weighted by atomic mass is 10.1. The predicted molar refractivity (Wildman–Crippen MR) is 63.8 cm³/mol. The molecule has 0 radical (unpaired) electrons. The van der Waals surface area contributed by atoms with E-state index in [4.69, 9.17) is 5.26 Å². The Morgan fingerprint density at radius 2 is 2.19 bits per heavy atom. The van der Waals surface area contributed by atoms with Crippen LogP contribution >= 0.6 is 0 Å². The van der Waals surface area contributed by atoms with Crippen LogP contribution in [0.25, 0.3) is 0 Å². The molecule has 1 unspecified atom stereocenters. The number of nitrogens with one attached hydrogen (secondary N) is 1. The van der Waals surface area contributed by atoms with Crippen molar-refractivity contribution < 1.29 is 5.11 Å². The van der Waals surface area contributed by atoms with Gasteiger partial charge < -0.3 is 10.4 Å². The molecule has 2 N–H and O–H groups in total. The Kier molecular flexibility index (Phi) is 5.55. The Morgan fingerprint density at radius 1 is 1.44 bits per heavy atom. The largest absolute Gasteiger partial charge is 0.393 e. The van der Waals surface area contributed by atoms with Gasteiger partial charge in [-0.05, 0) is 31.0 Å². The van der Waals surface area contributed by atoms with Crippen LogP contribution < -0.4 is 5.32 Å². The molecule has 0 aromatic heterocycles. The third-order valence-corrected chi connectivity index (χ3v) is 2.58. The summed E-state index contributed by atoms with van der Waals surface area (Å²) in [4.78, 5) is 0. The molecule has 86 valence electrons. The fraction of sp³-hybridized carbons (Fsp3) is 0.462. The summed E-state index contributed by atoms with van der Waals surface area (Å²) in [5.74, 6) is 0. The van der Waals surface area contributed by atoms with Crippen LogP contribution in [-0.4, -0.2) is 17.8 Å². The maximum Gasteiger partial charge on any atom is 0.0995 e. The molecule has 3 nitrogen and oxygen atoms in total. The Balaban J connectivity index is 2.35. The minimum atomic E-state index is -0.223. The number of benzene rings is 1. The molecule has 0 heterocycles. The van der Waals surface area contributed by atoms with Crippen LogP contribution in [0, 0.1) is 11.3 Å². The van der Waals surface area contributed by atoms with Gasteiger partial charge in [0.2, 0.25) is 0 Å². The highest BCUT2D eigenvalue weighted by Gasteiger charge is 2.02. The first-order valence-electron chi connectivity index (χ1n) is 5.64. The predicted octanol–water partition coefficient (Wildman–Crippen LogP) is 1.81. The van der Waals surface area contributed by atoms with Crippen molar-refractivity contribution in [3.05, 3.63) is 35.4 Å². The molecule has 0 spiro atoms. The molecule has 0 saturated heterocycles. The lowest BCUT2D eigenvalue weighted by Crippen LogP contribution is -2.20. The molecule has 1 aromatic carbocycles. The summed E-state index contributed by atoms with van der Waals surface area (Å²) in [6.07, 6.45) is 1.32. The number of hydrogen-bond donors (Lipinski definition) is 2. The van der Waals surface area contributed by atoms with Crippen LogP contribution in [0.1, 0.15) is 30.9 Å². The Labute approximate surface area is 96.7 Å². The summed E-state index contributed by atoms with van der Waals surface area (Å²) in [7, 11) is 0. The van der Waals surface area contributed by atoms with E-state index in [0.717, 1.165) is 24.9 Å². The summed E-state index contributed by atoms with van der Waals surface area (Å²) in [6.45, 7) is 3.42. The third kappa shape index (κ3) is 4.01. The number of aliphatic hydroxyl groups excluding tert-OH is 1. The van der Waals surface area contributed by atoms with Crippen molar-refractivity contribution in [2.45, 2.75) is 32.4 Å². The first kappa shape index (κ1) is 12.7. The van der Waals surface area contributed by atoms with Crippen LogP contribution in [0.5, 0.6) is 0 Å². The molecule has 1 atom stereocenters. The van der Waals surface area contributed by atoms with Gasteiger partial charge in [0.15, 0.2) is 0 Å². The second-order valence-corrected chi connectivity index (χ2v) is 3.80. The van der Waals surface area contributed by atoms with Gasteiger partial charge in [-0.2, -0.15) is 5.26 Å². The molecule has 16 heavy (non-hydrogen) atoms. The van der Waals surface area contributed by atoms with E-state index in [0.29, 0.717) is 12.1 Å². The summed E-state index contributed by atoms with van der Waals surface area (Å²) in [6, 6.07) is 9.72. The van der Waals surface area contributed by atoms with Crippen LogP contribution in [0.2, 0.25) is 0 Å². The smallest absolute Gasteiger partial charge is 0.0995 e. The third-order valence-electron chi connectivity index (χ3n) is 2.58. The molecule has 0 aliphatic heterocycles. The Hall–Kier alpha value is -1.37. The van der Waals surface area contributed by atoms with Crippen LogP contribution in [0.15, 0.2) is 24.3 Å². The maximum absolute atomic E-state index is 9.36. The zero-order valence-electron chi connectivity index (χ0n) is 9.61. The van der Waals surface area contributed by atoms with E-state index in [1.54, 1.807) is 0 Å². The van der Waals surface area contributed by atoms with Crippen LogP contribution in [0.4, 0.5) is 0 Å². The highest BCUT2D eigenvalue weighted by Crippen LogP contribution is 2.06. The summed E-state index contributed by atoms with van der Waals surface area (Å²) < 4.78 is 0. The molecule has 0 bridgehead atoms. The first-order chi connectivity index (χ1) is 7.77. The maximum atomic E-state index is 9.36. The molecule has 3 heteroatoms. The molecular weight excluding hydrogens is 200 g/mol. The summed E-state index contributed by atoms with van der Waals surface area (Å²) in [5.41, 5.74) is 1.72. The minimum Gasteiger partial charge on any atom is -0.393 e. The second kappa shape index (κ2) is 7.00. The Morgan fingerprint density at radius 3 is 2.88 bits per heavy atom. The van der Waals surface area contributed by atoms with Gasteiger partial charge in [0, 0.05) is 6.54 Å². The lowest BCUT2D eigenvalue weighted by molar-refractivity contribution is 0.159. The van der Waals surface area contributed by atoms with Crippen LogP contribution in [-0.2, 0) is 6.54 Å². The molecule has 0 fully saturated rings. The van der Waals surface area contributed by atoms with Crippen molar-refractivity contribution in [1.29, 1.82) is 5.26 Å². The highest BCUT2D eigenvalue weighted by molar-refractivity contribution is 5.37. The van der Waals surface area contributed by atoms with E-state index in [9.17, 15) is 5.11 Å². The lowest BCUT2D eigenvalue weighted by Gasteiger charge is -2.09. The van der Waals surface area contributed by atoms with Gasteiger partial charge >= 0.3 is 0 Å². The molecule has 1 aromatic rings. The summed E-state index contributed by atoms with van der Waals surface area (Å²) >= 11 is 0. The van der Waals surface area contributed by atoms with Crippen molar-refractivity contribution in [3.8, 4) is 6.07 Å². The molecule has 0 aliphatic rings. The quantitative estimate of drug-likeness (QED) is 0.716. The summed E-state index contributed by atoms with van der Waals surface area (Å²) in [5, 5.41) is 21.5. The van der Waals surface area contributed by atoms with Crippen molar-refractivity contribution in [2.24, 2.45) is 0 Å². The first-order valence-corrected chi connectivity index (χ1v) is 5.64. The fourth-order valence-electron chi connectivity index (χ4n) is 1.48. The van der Waals surface area contributed by atoms with Gasteiger partial charge in [0.05, 0.1) is 17.7 Å². The SMILES string of the molecule is CCC(O)CCNCc1ccccc1C#N. The van der Waals surface area contributed by atoms with E-state index in [-0.39, 0.29) is 6.10 Å². The van der Waals surface area contributed by atoms with E-state index in [1.807, 2.05) is 31.2 Å². The topological polar surface area (TPSA) is 56.0 Å². The number of aliphatic hydroxyl groups is 1. The van der Waals surface area contributed by atoms with Gasteiger partial charge in [0.1, 0.15) is 0 Å². The second-order valence-electron chi connectivity index (χ2n) is 3.80. The van der Waals surface area contributed by atoms with Gasteiger partial charge in [-0.1, -0.05) is 25.1 Å². The van der Waals surface area contributed by atoms with Gasteiger partial charge in [0.25, 0.3) is 0 Å². The van der Waals surface area contributed by atoms with E-state index in [2.05, 4.69) is 11.4 Å².